The van der Waals surface area contributed by atoms with Gasteiger partial charge in [-0.1, -0.05) is 49.4 Å². The number of aryl methyl sites for hydroxylation is 3. The summed E-state index contributed by atoms with van der Waals surface area (Å²) in [6, 6.07) is 18.2. The number of sulfonamides is 1. The van der Waals surface area contributed by atoms with Crippen molar-refractivity contribution in [3.8, 4) is 0 Å². The highest BCUT2D eigenvalue weighted by atomic mass is 32.2. The molecule has 7 nitrogen and oxygen atoms in total. The molecule has 0 saturated heterocycles. The Morgan fingerprint density at radius 1 is 1.00 bits per heavy atom. The van der Waals surface area contributed by atoms with Gasteiger partial charge in [0, 0.05) is 17.1 Å². The number of amides is 1. The Morgan fingerprint density at radius 3 is 2.34 bits per heavy atom. The molecule has 2 N–H and O–H groups in total. The largest absolute Gasteiger partial charge is 0.321 e. The van der Waals surface area contributed by atoms with Crippen LogP contribution in [0.15, 0.2) is 65.6 Å². The molecule has 0 aliphatic carbocycles. The number of hydrogen-bond acceptors (Lipinski definition) is 4. The van der Waals surface area contributed by atoms with Crippen molar-refractivity contribution < 1.29 is 13.2 Å². The number of para-hydroxylation sites is 2. The summed E-state index contributed by atoms with van der Waals surface area (Å²) in [6.45, 7) is 9.64. The van der Waals surface area contributed by atoms with Crippen LogP contribution in [0.4, 0.5) is 11.4 Å². The zero-order valence-electron chi connectivity index (χ0n) is 20.6. The molecule has 0 spiro atoms. The van der Waals surface area contributed by atoms with E-state index in [0.29, 0.717) is 29.1 Å². The van der Waals surface area contributed by atoms with Crippen molar-refractivity contribution in [2.24, 2.45) is 0 Å². The summed E-state index contributed by atoms with van der Waals surface area (Å²) in [5.41, 5.74) is 4.46. The lowest BCUT2D eigenvalue weighted by molar-refractivity contribution is 0.102. The van der Waals surface area contributed by atoms with Crippen LogP contribution in [-0.2, 0) is 16.4 Å². The molecular weight excluding hydrogens is 460 g/mol. The molecule has 0 saturated carbocycles. The summed E-state index contributed by atoms with van der Waals surface area (Å²) in [5, 5.41) is 8.13. The lowest BCUT2D eigenvalue weighted by Gasteiger charge is -2.16. The number of nitrogens with one attached hydrogen (secondary N) is 2. The Labute approximate surface area is 206 Å². The number of anilines is 2. The van der Waals surface area contributed by atoms with Crippen LogP contribution in [0, 0.1) is 13.8 Å². The van der Waals surface area contributed by atoms with Gasteiger partial charge in [0.2, 0.25) is 0 Å². The summed E-state index contributed by atoms with van der Waals surface area (Å²) in [5.74, 6) is -0.393. The first-order chi connectivity index (χ1) is 16.6. The van der Waals surface area contributed by atoms with Crippen LogP contribution in [0.3, 0.4) is 0 Å². The van der Waals surface area contributed by atoms with E-state index in [2.05, 4.69) is 15.1 Å². The highest BCUT2D eigenvalue weighted by molar-refractivity contribution is 7.92. The summed E-state index contributed by atoms with van der Waals surface area (Å²) >= 11 is 0. The van der Waals surface area contributed by atoms with Gasteiger partial charge >= 0.3 is 0 Å². The number of nitrogens with zero attached hydrogens (tertiary/aromatic N) is 2. The summed E-state index contributed by atoms with van der Waals surface area (Å²) in [7, 11) is -3.89. The molecule has 1 amide bonds. The highest BCUT2D eigenvalue weighted by Gasteiger charge is 2.22. The van der Waals surface area contributed by atoms with Crippen molar-refractivity contribution in [1.29, 1.82) is 0 Å². The predicted molar refractivity (Wildman–Crippen MR) is 141 cm³/mol. The molecule has 0 bridgehead atoms. The minimum Gasteiger partial charge on any atom is -0.321 e. The lowest BCUT2D eigenvalue weighted by atomic mass is 10.1. The predicted octanol–water partition coefficient (Wildman–Crippen LogP) is 5.85. The summed E-state index contributed by atoms with van der Waals surface area (Å²) in [4.78, 5) is 13.3. The average Bonchev–Trinajstić information content (AvgIpc) is 3.22. The number of benzene rings is 3. The number of rotatable bonds is 7. The SMILES string of the molecule is CCc1ccc(NC(=O)c2nn(C(C)C)c3ccccc23)cc1S(=O)(=O)Nc1c(C)cccc1C. The fourth-order valence-electron chi connectivity index (χ4n) is 4.18. The summed E-state index contributed by atoms with van der Waals surface area (Å²) in [6.07, 6.45) is 0.528. The van der Waals surface area contributed by atoms with Crippen LogP contribution >= 0.6 is 0 Å². The van der Waals surface area contributed by atoms with Gasteiger partial charge in [-0.15, -0.1) is 0 Å². The third kappa shape index (κ3) is 4.79. The first kappa shape index (κ1) is 24.5. The van der Waals surface area contributed by atoms with Crippen LogP contribution < -0.4 is 10.0 Å². The van der Waals surface area contributed by atoms with Crippen LogP contribution in [0.25, 0.3) is 10.9 Å². The first-order valence-electron chi connectivity index (χ1n) is 11.6. The van der Waals surface area contributed by atoms with Gasteiger partial charge in [-0.05, 0) is 69.0 Å². The molecule has 1 aromatic heterocycles. The zero-order chi connectivity index (χ0) is 25.3. The van der Waals surface area contributed by atoms with Crippen LogP contribution in [0.5, 0.6) is 0 Å². The maximum atomic E-state index is 13.4. The number of hydrogen-bond donors (Lipinski definition) is 2. The second-order valence-corrected chi connectivity index (χ2v) is 10.6. The average molecular weight is 491 g/mol. The molecule has 35 heavy (non-hydrogen) atoms. The van der Waals surface area contributed by atoms with E-state index in [-0.39, 0.29) is 10.9 Å². The second-order valence-electron chi connectivity index (χ2n) is 8.91. The minimum atomic E-state index is -3.89. The van der Waals surface area contributed by atoms with Crippen molar-refractivity contribution in [3.05, 3.63) is 83.0 Å². The van der Waals surface area contributed by atoms with Gasteiger partial charge in [0.05, 0.1) is 16.1 Å². The Hall–Kier alpha value is -3.65. The van der Waals surface area contributed by atoms with Gasteiger partial charge in [-0.25, -0.2) is 8.42 Å². The maximum absolute atomic E-state index is 13.4. The van der Waals surface area contributed by atoms with Gasteiger partial charge < -0.3 is 5.32 Å². The van der Waals surface area contributed by atoms with E-state index in [1.54, 1.807) is 12.1 Å². The molecule has 0 radical (unpaired) electrons. The molecule has 4 aromatic rings. The van der Waals surface area contributed by atoms with Gasteiger partial charge in [-0.2, -0.15) is 5.10 Å². The third-order valence-electron chi connectivity index (χ3n) is 6.03. The van der Waals surface area contributed by atoms with E-state index in [1.165, 1.54) is 6.07 Å². The van der Waals surface area contributed by atoms with Crippen molar-refractivity contribution >= 4 is 38.2 Å². The summed E-state index contributed by atoms with van der Waals surface area (Å²) < 4.78 is 31.4. The van der Waals surface area contributed by atoms with Crippen LogP contribution in [0.1, 0.15) is 54.0 Å². The molecule has 4 rings (SSSR count). The molecule has 0 aliphatic heterocycles. The number of aromatic nitrogens is 2. The Kier molecular flexibility index (Phi) is 6.67. The van der Waals surface area contributed by atoms with E-state index in [4.69, 9.17) is 0 Å². The van der Waals surface area contributed by atoms with Crippen molar-refractivity contribution in [3.63, 3.8) is 0 Å². The van der Waals surface area contributed by atoms with E-state index in [1.807, 2.05) is 81.8 Å². The number of fused-ring (bicyclic) bond motifs is 1. The molecule has 0 atom stereocenters. The monoisotopic (exact) mass is 490 g/mol. The highest BCUT2D eigenvalue weighted by Crippen LogP contribution is 2.28. The number of carbonyl (C=O) groups is 1. The van der Waals surface area contributed by atoms with Gasteiger partial charge in [0.1, 0.15) is 0 Å². The molecule has 0 fully saturated rings. The van der Waals surface area contributed by atoms with Crippen molar-refractivity contribution in [2.75, 3.05) is 10.0 Å². The quantitative estimate of drug-likeness (QED) is 0.340. The van der Waals surface area contributed by atoms with Crippen molar-refractivity contribution in [1.82, 2.24) is 9.78 Å². The molecule has 182 valence electrons. The van der Waals surface area contributed by atoms with E-state index in [0.717, 1.165) is 22.0 Å². The minimum absolute atomic E-state index is 0.0815. The van der Waals surface area contributed by atoms with Crippen molar-refractivity contribution in [2.45, 2.75) is 52.0 Å². The third-order valence-corrected chi connectivity index (χ3v) is 7.46. The normalized spacial score (nSPS) is 11.7. The Bertz CT molecular complexity index is 1500. The molecule has 1 heterocycles. The molecule has 3 aromatic carbocycles. The fourth-order valence-corrected chi connectivity index (χ4v) is 5.72. The Balaban J connectivity index is 1.70. The topological polar surface area (TPSA) is 93.1 Å². The molecule has 0 unspecified atom stereocenters. The molecular formula is C27H30N4O3S. The van der Waals surface area contributed by atoms with E-state index < -0.39 is 15.9 Å². The van der Waals surface area contributed by atoms with E-state index >= 15 is 0 Å². The maximum Gasteiger partial charge on any atom is 0.276 e. The molecule has 8 heteroatoms. The zero-order valence-corrected chi connectivity index (χ0v) is 21.4. The second kappa shape index (κ2) is 9.54. The first-order valence-corrected chi connectivity index (χ1v) is 13.1. The lowest BCUT2D eigenvalue weighted by Crippen LogP contribution is -2.18. The van der Waals surface area contributed by atoms with Crippen LogP contribution in [-0.4, -0.2) is 24.1 Å². The van der Waals surface area contributed by atoms with E-state index in [9.17, 15) is 13.2 Å². The van der Waals surface area contributed by atoms with Gasteiger partial charge in [-0.3, -0.25) is 14.2 Å². The number of carbonyl (C=O) groups excluding carboxylic acids is 1. The van der Waals surface area contributed by atoms with Gasteiger partial charge in [0.25, 0.3) is 15.9 Å². The standard InChI is InChI=1S/C27H30N4O3S/c1-6-20-14-15-21(16-24(20)35(33,34)30-25-18(4)10-9-11-19(25)5)28-27(32)26-22-12-7-8-13-23(22)31(29-26)17(2)3/h7-17,30H,6H2,1-5H3,(H,28,32). The Morgan fingerprint density at radius 2 is 1.69 bits per heavy atom. The molecule has 0 aliphatic rings. The van der Waals surface area contributed by atoms with Gasteiger partial charge in [0.15, 0.2) is 5.69 Å². The fraction of sp³-hybridized carbons (Fsp3) is 0.259. The smallest absolute Gasteiger partial charge is 0.276 e. The van der Waals surface area contributed by atoms with Crippen LogP contribution in [0.2, 0.25) is 0 Å².